The average Bonchev–Trinajstić information content (AvgIpc) is 3.91. The van der Waals surface area contributed by atoms with Crippen LogP contribution < -0.4 is 31.5 Å². The standard InChI is InChI=1S/C24H29N5O10S2.C18H19N5O8S2.C9H18O2/c1-24(2,3)39-23(33)27-22(25)26-19(31)10-9-14(21(32)38-4)13-17(30)20-15(11-12-40-20)28-41(36,37)18-8-6-5-7-16(18)29(34)35;19-18(20)21-15(25)6-5-10(17(26)27)9-13(24)16-11(7-8-32-16)22-33(30,31)14-4-2-1-3-12(14)23(28)29;1-8(2,3)7(10)11-9(4,5)6/h5-8,11-12,14,28H,9-10,13H2,1-4H3,(H3,25,26,27,31,33);1-4,7-8,10,22H,5-6,9H2,(H,26,27)(H4,19,20,21,25);1-6H3/t14-;10-;/m11./s1. The monoisotopic (exact) mass is 1270 g/mol. The normalized spacial score (nSPS) is 12.1. The van der Waals surface area contributed by atoms with Crippen molar-refractivity contribution in [2.45, 2.75) is 122 Å². The molecular formula is C51H66N10O20S4. The lowest BCUT2D eigenvalue weighted by atomic mass is 9.96. The molecule has 4 rings (SSSR count). The van der Waals surface area contributed by atoms with E-state index < -0.39 is 140 Å². The van der Waals surface area contributed by atoms with E-state index >= 15 is 0 Å². The lowest BCUT2D eigenvalue weighted by Gasteiger charge is -2.25. The minimum absolute atomic E-state index is 0.0612. The maximum absolute atomic E-state index is 13.1. The molecule has 0 radical (unpaired) electrons. The summed E-state index contributed by atoms with van der Waals surface area (Å²) in [6.07, 6.45) is -2.97. The van der Waals surface area contributed by atoms with Crippen LogP contribution in [0, 0.1) is 42.9 Å². The lowest BCUT2D eigenvalue weighted by molar-refractivity contribution is -0.388. The smallest absolute Gasteiger partial charge is 0.414 e. The second-order valence-corrected chi connectivity index (χ2v) is 25.9. The van der Waals surface area contributed by atoms with Crippen molar-refractivity contribution in [1.82, 2.24) is 10.6 Å². The number of methoxy groups -OCH3 is 1. The van der Waals surface area contributed by atoms with E-state index in [9.17, 15) is 80.5 Å². The summed E-state index contributed by atoms with van der Waals surface area (Å²) in [5.74, 6) is -8.57. The Morgan fingerprint density at radius 3 is 1.47 bits per heavy atom. The van der Waals surface area contributed by atoms with E-state index in [0.29, 0.717) is 0 Å². The van der Waals surface area contributed by atoms with Gasteiger partial charge in [0, 0.05) is 37.8 Å². The molecule has 2 aromatic carbocycles. The quantitative estimate of drug-likeness (QED) is 0.00757. The Balaban J connectivity index is 0.000000500. The molecule has 4 aromatic rings. The molecule has 2 heterocycles. The number of anilines is 2. The van der Waals surface area contributed by atoms with Crippen molar-refractivity contribution in [3.05, 3.63) is 101 Å². The summed E-state index contributed by atoms with van der Waals surface area (Å²) < 4.78 is 70.4. The number of alkyl carbamates (subject to hydrolysis) is 1. The van der Waals surface area contributed by atoms with Gasteiger partial charge in [-0.15, -0.1) is 22.7 Å². The number of benzene rings is 2. The Hall–Kier alpha value is -8.76. The number of carboxylic acid groups (broad SMARTS) is 1. The molecule has 0 fully saturated rings. The number of rotatable bonds is 22. The molecule has 464 valence electrons. The van der Waals surface area contributed by atoms with Gasteiger partial charge in [0.15, 0.2) is 27.3 Å². The van der Waals surface area contributed by atoms with Crippen LogP contribution in [0.1, 0.15) is 120 Å². The number of thiophene rings is 2. The molecule has 2 aromatic heterocycles. The highest BCUT2D eigenvalue weighted by Gasteiger charge is 2.33. The van der Waals surface area contributed by atoms with E-state index in [4.69, 9.17) is 31.1 Å². The van der Waals surface area contributed by atoms with Crippen LogP contribution >= 0.6 is 22.7 Å². The number of carboxylic acids is 1. The highest BCUT2D eigenvalue weighted by atomic mass is 32.2. The SMILES string of the molecule is CC(C)(C)OC(=O)C(C)(C)C.COC(=O)[C@H](CCC(=O)NC(=N)NC(=O)OC(C)(C)C)CC(=O)c1sccc1NS(=O)(=O)c1ccccc1[N+](=O)[O-].NC(N)=NC(=O)CC[C@H](CC(=O)c1sccc1NS(=O)(=O)c1ccccc1[N+](=O)[O-])C(=O)O. The number of nitrogens with one attached hydrogen (secondary N) is 5. The fraction of sp³-hybridized carbons (Fsp3) is 0.412. The fourth-order valence-corrected chi connectivity index (χ4v) is 10.8. The van der Waals surface area contributed by atoms with Crippen molar-refractivity contribution in [2.24, 2.45) is 33.7 Å². The second-order valence-electron chi connectivity index (χ2n) is 20.8. The number of nitro groups is 2. The Kier molecular flexibility index (Phi) is 26.6. The first-order valence-corrected chi connectivity index (χ1v) is 29.6. The van der Waals surface area contributed by atoms with E-state index in [1.54, 1.807) is 20.8 Å². The van der Waals surface area contributed by atoms with Crippen LogP contribution in [-0.2, 0) is 58.2 Å². The van der Waals surface area contributed by atoms with Crippen molar-refractivity contribution in [2.75, 3.05) is 16.6 Å². The maximum atomic E-state index is 13.1. The number of nitrogens with zero attached hydrogens (tertiary/aromatic N) is 3. The fourth-order valence-electron chi connectivity index (χ4n) is 6.57. The number of nitro benzene ring substituents is 2. The van der Waals surface area contributed by atoms with Crippen LogP contribution in [0.4, 0.5) is 27.5 Å². The number of nitrogens with two attached hydrogens (primary N) is 2. The predicted octanol–water partition coefficient (Wildman–Crippen LogP) is 6.86. The van der Waals surface area contributed by atoms with Crippen molar-refractivity contribution in [3.8, 4) is 0 Å². The first-order chi connectivity index (χ1) is 39.1. The highest BCUT2D eigenvalue weighted by molar-refractivity contribution is 7.93. The number of carbonyl (C=O) groups excluding carboxylic acids is 7. The zero-order valence-electron chi connectivity index (χ0n) is 47.7. The van der Waals surface area contributed by atoms with Crippen molar-refractivity contribution >= 4 is 125 Å². The highest BCUT2D eigenvalue weighted by Crippen LogP contribution is 2.33. The number of amides is 3. The van der Waals surface area contributed by atoms with Crippen LogP contribution in [0.3, 0.4) is 0 Å². The molecule has 0 unspecified atom stereocenters. The summed E-state index contributed by atoms with van der Waals surface area (Å²) in [5.41, 5.74) is 6.99. The Morgan fingerprint density at radius 1 is 0.671 bits per heavy atom. The van der Waals surface area contributed by atoms with Gasteiger partial charge in [0.1, 0.15) is 11.2 Å². The molecule has 0 aliphatic rings. The third-order valence-electron chi connectivity index (χ3n) is 10.4. The summed E-state index contributed by atoms with van der Waals surface area (Å²) in [7, 11) is -7.79. The molecule has 0 aliphatic carbocycles. The molecular weight excluding hydrogens is 1200 g/mol. The number of ether oxygens (including phenoxy) is 3. The molecule has 0 spiro atoms. The lowest BCUT2D eigenvalue weighted by Crippen LogP contribution is -2.45. The summed E-state index contributed by atoms with van der Waals surface area (Å²) in [6, 6.07) is 12.0. The van der Waals surface area contributed by atoms with Gasteiger partial charge in [-0.1, -0.05) is 24.3 Å². The molecule has 0 saturated heterocycles. The number of hydrogen-bond acceptors (Lipinski definition) is 22. The van der Waals surface area contributed by atoms with E-state index in [1.807, 2.05) is 46.9 Å². The molecule has 0 bridgehead atoms. The third-order valence-corrected chi connectivity index (χ3v) is 15.1. The molecule has 2 atom stereocenters. The number of aliphatic imine (C=N–C) groups is 1. The molecule has 3 amide bonds. The van der Waals surface area contributed by atoms with Gasteiger partial charge in [-0.05, 0) is 110 Å². The number of carbonyl (C=O) groups is 8. The maximum Gasteiger partial charge on any atom is 0.414 e. The number of esters is 2. The Bertz CT molecular complexity index is 3410. The topological polar surface area (TPSA) is 475 Å². The van der Waals surface area contributed by atoms with E-state index in [-0.39, 0.29) is 58.4 Å². The molecule has 10 N–H and O–H groups in total. The van der Waals surface area contributed by atoms with E-state index in [2.05, 4.69) is 19.8 Å². The largest absolute Gasteiger partial charge is 0.481 e. The summed E-state index contributed by atoms with van der Waals surface area (Å²) in [5, 5.41) is 46.5. The van der Waals surface area contributed by atoms with Gasteiger partial charge in [0.05, 0.1) is 55.3 Å². The average molecular weight is 1270 g/mol. The number of para-hydroxylation sites is 2. The minimum atomic E-state index is -4.46. The number of hydrogen-bond donors (Lipinski definition) is 8. The van der Waals surface area contributed by atoms with Gasteiger partial charge in [-0.3, -0.25) is 79.3 Å². The minimum Gasteiger partial charge on any atom is -0.481 e. The second kappa shape index (κ2) is 31.2. The first kappa shape index (κ1) is 72.3. The van der Waals surface area contributed by atoms with Gasteiger partial charge in [-0.25, -0.2) is 21.6 Å². The van der Waals surface area contributed by atoms with Gasteiger partial charge in [0.25, 0.3) is 31.4 Å². The Labute approximate surface area is 496 Å². The van der Waals surface area contributed by atoms with Gasteiger partial charge in [-0.2, -0.15) is 4.99 Å². The van der Waals surface area contributed by atoms with Gasteiger partial charge >= 0.3 is 24.0 Å². The molecule has 0 saturated carbocycles. The third kappa shape index (κ3) is 24.9. The van der Waals surface area contributed by atoms with E-state index in [1.165, 1.54) is 47.2 Å². The van der Waals surface area contributed by atoms with Crippen molar-refractivity contribution in [3.63, 3.8) is 0 Å². The van der Waals surface area contributed by atoms with Crippen LogP contribution in [0.25, 0.3) is 0 Å². The van der Waals surface area contributed by atoms with Crippen molar-refractivity contribution in [1.29, 1.82) is 5.41 Å². The van der Waals surface area contributed by atoms with Crippen LogP contribution in [0.2, 0.25) is 0 Å². The molecule has 85 heavy (non-hydrogen) atoms. The van der Waals surface area contributed by atoms with Crippen LogP contribution in [0.15, 0.2) is 86.2 Å². The molecule has 0 aliphatic heterocycles. The summed E-state index contributed by atoms with van der Waals surface area (Å²) in [4.78, 5) is 119. The van der Waals surface area contributed by atoms with Crippen LogP contribution in [0.5, 0.6) is 0 Å². The zero-order valence-corrected chi connectivity index (χ0v) is 50.9. The van der Waals surface area contributed by atoms with E-state index in [0.717, 1.165) is 54.0 Å². The number of sulfonamides is 2. The predicted molar refractivity (Wildman–Crippen MR) is 311 cm³/mol. The number of aliphatic carboxylic acids is 1. The summed E-state index contributed by atoms with van der Waals surface area (Å²) in [6.45, 7) is 16.0. The number of Topliss-reactive ketones (excluding diaryl/α,β-unsaturated/α-hetero) is 2. The number of guanidine groups is 2. The first-order valence-electron chi connectivity index (χ1n) is 24.9. The zero-order chi connectivity index (χ0) is 65.0. The van der Waals surface area contributed by atoms with Crippen LogP contribution in [-0.4, -0.2) is 109 Å². The summed E-state index contributed by atoms with van der Waals surface area (Å²) >= 11 is 1.75. The molecule has 34 heteroatoms. The number of ketones is 2. The van der Waals surface area contributed by atoms with Gasteiger partial charge in [0.2, 0.25) is 17.8 Å². The van der Waals surface area contributed by atoms with Crippen molar-refractivity contribution < 1.29 is 84.4 Å². The molecule has 30 nitrogen and oxygen atoms in total. The Morgan fingerprint density at radius 2 is 1.09 bits per heavy atom. The van der Waals surface area contributed by atoms with Gasteiger partial charge < -0.3 is 30.8 Å².